The monoisotopic (exact) mass is 306 g/mol. The summed E-state index contributed by atoms with van der Waals surface area (Å²) in [6.07, 6.45) is 4.61. The van der Waals surface area contributed by atoms with Crippen LogP contribution in [0.2, 0.25) is 0 Å². The van der Waals surface area contributed by atoms with E-state index >= 15 is 0 Å². The third kappa shape index (κ3) is 2.78. The number of nitrogens with zero attached hydrogens (tertiary/aromatic N) is 2. The molecule has 0 N–H and O–H groups in total. The van der Waals surface area contributed by atoms with Gasteiger partial charge in [-0.05, 0) is 38.7 Å². The van der Waals surface area contributed by atoms with Crippen LogP contribution in [0.15, 0.2) is 11.1 Å². The molecule has 122 valence electrons. The van der Waals surface area contributed by atoms with Gasteiger partial charge in [-0.3, -0.25) is 9.59 Å². The number of amides is 2. The van der Waals surface area contributed by atoms with Crippen LogP contribution in [0.5, 0.6) is 0 Å². The van der Waals surface area contributed by atoms with Gasteiger partial charge in [0.2, 0.25) is 5.91 Å². The lowest BCUT2D eigenvalue weighted by Crippen LogP contribution is -2.42. The molecule has 0 radical (unpaired) electrons. The number of hydrogen-bond donors (Lipinski definition) is 0. The van der Waals surface area contributed by atoms with Gasteiger partial charge in [0, 0.05) is 24.7 Å². The van der Waals surface area contributed by atoms with Crippen LogP contribution in [0, 0.1) is 0 Å². The molecule has 2 heterocycles. The Hall–Kier alpha value is -1.36. The lowest BCUT2D eigenvalue weighted by Gasteiger charge is -2.33. The zero-order valence-corrected chi connectivity index (χ0v) is 13.6. The number of ether oxygens (including phenoxy) is 1. The second-order valence-electron chi connectivity index (χ2n) is 6.74. The molecule has 3 rings (SSSR count). The molecule has 5 heteroatoms. The highest BCUT2D eigenvalue weighted by molar-refractivity contribution is 6.02. The van der Waals surface area contributed by atoms with Crippen LogP contribution in [-0.4, -0.2) is 60.0 Å². The molecule has 5 nitrogen and oxygen atoms in total. The fourth-order valence-electron chi connectivity index (χ4n) is 3.95. The van der Waals surface area contributed by atoms with E-state index in [9.17, 15) is 9.59 Å². The molecule has 0 aromatic carbocycles. The van der Waals surface area contributed by atoms with Gasteiger partial charge in [-0.25, -0.2) is 0 Å². The Labute approximate surface area is 132 Å². The Balaban J connectivity index is 1.78. The predicted octanol–water partition coefficient (Wildman–Crippen LogP) is 1.73. The van der Waals surface area contributed by atoms with E-state index in [0.717, 1.165) is 24.8 Å². The smallest absolute Gasteiger partial charge is 0.251 e. The third-order valence-electron chi connectivity index (χ3n) is 5.04. The fraction of sp³-hybridized carbons (Fsp3) is 0.765. The van der Waals surface area contributed by atoms with Crippen molar-refractivity contribution in [1.82, 2.24) is 9.80 Å². The van der Waals surface area contributed by atoms with E-state index in [1.54, 1.807) is 0 Å². The van der Waals surface area contributed by atoms with E-state index in [4.69, 9.17) is 4.74 Å². The van der Waals surface area contributed by atoms with E-state index in [1.165, 1.54) is 12.0 Å². The second-order valence-corrected chi connectivity index (χ2v) is 6.74. The molecule has 2 amide bonds. The lowest BCUT2D eigenvalue weighted by atomic mass is 9.88. The van der Waals surface area contributed by atoms with Crippen molar-refractivity contribution in [2.75, 3.05) is 26.3 Å². The minimum Gasteiger partial charge on any atom is -0.378 e. The highest BCUT2D eigenvalue weighted by atomic mass is 16.5. The lowest BCUT2D eigenvalue weighted by molar-refractivity contribution is -0.136. The summed E-state index contributed by atoms with van der Waals surface area (Å²) in [6.45, 7) is 6.63. The molecule has 2 aliphatic heterocycles. The summed E-state index contributed by atoms with van der Waals surface area (Å²) in [5.74, 6) is 0.174. The van der Waals surface area contributed by atoms with Gasteiger partial charge in [0.15, 0.2) is 0 Å². The van der Waals surface area contributed by atoms with Crippen LogP contribution >= 0.6 is 0 Å². The quantitative estimate of drug-likeness (QED) is 0.798. The third-order valence-corrected chi connectivity index (χ3v) is 5.04. The zero-order valence-electron chi connectivity index (χ0n) is 13.6. The van der Waals surface area contributed by atoms with Crippen molar-refractivity contribution in [2.45, 2.75) is 58.0 Å². The van der Waals surface area contributed by atoms with Crippen molar-refractivity contribution < 1.29 is 14.3 Å². The van der Waals surface area contributed by atoms with Crippen molar-refractivity contribution in [3.05, 3.63) is 11.1 Å². The summed E-state index contributed by atoms with van der Waals surface area (Å²) in [5.41, 5.74) is 2.03. The Kier molecular flexibility index (Phi) is 4.52. The number of morpholine rings is 1. The minimum absolute atomic E-state index is 0.0779. The first-order valence-electron chi connectivity index (χ1n) is 8.49. The maximum Gasteiger partial charge on any atom is 0.251 e. The molecule has 0 aromatic rings. The van der Waals surface area contributed by atoms with Gasteiger partial charge >= 0.3 is 0 Å². The summed E-state index contributed by atoms with van der Waals surface area (Å²) in [7, 11) is 0. The van der Waals surface area contributed by atoms with Gasteiger partial charge in [-0.1, -0.05) is 6.42 Å². The Morgan fingerprint density at radius 1 is 1.27 bits per heavy atom. The van der Waals surface area contributed by atoms with Gasteiger partial charge in [-0.2, -0.15) is 0 Å². The predicted molar refractivity (Wildman–Crippen MR) is 83.3 cm³/mol. The van der Waals surface area contributed by atoms with Crippen molar-refractivity contribution >= 4 is 11.8 Å². The number of hydrogen-bond acceptors (Lipinski definition) is 3. The normalized spacial score (nSPS) is 26.0. The van der Waals surface area contributed by atoms with E-state index < -0.39 is 0 Å². The number of carbonyl (C=O) groups excluding carboxylic acids is 2. The topological polar surface area (TPSA) is 49.9 Å². The zero-order chi connectivity index (χ0) is 15.7. The van der Waals surface area contributed by atoms with E-state index in [2.05, 4.69) is 13.8 Å². The molecule has 1 aliphatic carbocycles. The van der Waals surface area contributed by atoms with Gasteiger partial charge in [0.1, 0.15) is 0 Å². The molecule has 0 aromatic heterocycles. The molecule has 1 atom stereocenters. The van der Waals surface area contributed by atoms with Gasteiger partial charge in [-0.15, -0.1) is 0 Å². The van der Waals surface area contributed by atoms with Crippen molar-refractivity contribution in [1.29, 1.82) is 0 Å². The van der Waals surface area contributed by atoms with E-state index in [1.807, 2.05) is 9.80 Å². The molecular formula is C17H26N2O3. The summed E-state index contributed by atoms with van der Waals surface area (Å²) in [4.78, 5) is 29.2. The molecule has 0 bridgehead atoms. The first-order valence-corrected chi connectivity index (χ1v) is 8.49. The molecule has 0 spiro atoms. The molecule has 1 saturated carbocycles. The van der Waals surface area contributed by atoms with Crippen LogP contribution in [0.4, 0.5) is 0 Å². The average molecular weight is 306 g/mol. The van der Waals surface area contributed by atoms with Crippen LogP contribution in [0.1, 0.15) is 46.0 Å². The maximum atomic E-state index is 12.8. The van der Waals surface area contributed by atoms with E-state index in [0.29, 0.717) is 26.3 Å². The second kappa shape index (κ2) is 6.41. The molecule has 2 fully saturated rings. The minimum atomic E-state index is 0.0779. The highest BCUT2D eigenvalue weighted by Crippen LogP contribution is 2.39. The largest absolute Gasteiger partial charge is 0.378 e. The van der Waals surface area contributed by atoms with Crippen molar-refractivity contribution in [3.8, 4) is 0 Å². The van der Waals surface area contributed by atoms with Crippen molar-refractivity contribution in [3.63, 3.8) is 0 Å². The average Bonchev–Trinajstić information content (AvgIpc) is 2.81. The highest BCUT2D eigenvalue weighted by Gasteiger charge is 2.41. The van der Waals surface area contributed by atoms with Crippen LogP contribution < -0.4 is 0 Å². The number of rotatable bonds is 3. The summed E-state index contributed by atoms with van der Waals surface area (Å²) in [5, 5.41) is 0. The molecule has 3 aliphatic rings. The standard InChI is InChI=1S/C17H26N2O3/c1-12(2)19-15-6-4-3-5-13(15)14(17(19)21)11-16(20)18-7-9-22-10-8-18/h12,15H,3-11H2,1-2H3. The Bertz CT molecular complexity index is 492. The summed E-state index contributed by atoms with van der Waals surface area (Å²) >= 11 is 0. The van der Waals surface area contributed by atoms with Crippen LogP contribution in [0.3, 0.4) is 0 Å². The molecule has 22 heavy (non-hydrogen) atoms. The van der Waals surface area contributed by atoms with Crippen molar-refractivity contribution in [2.24, 2.45) is 0 Å². The van der Waals surface area contributed by atoms with Crippen LogP contribution in [-0.2, 0) is 14.3 Å². The summed E-state index contributed by atoms with van der Waals surface area (Å²) in [6, 6.07) is 0.440. The van der Waals surface area contributed by atoms with E-state index in [-0.39, 0.29) is 30.3 Å². The summed E-state index contributed by atoms with van der Waals surface area (Å²) < 4.78 is 5.29. The number of fused-ring (bicyclic) bond motifs is 1. The molecular weight excluding hydrogens is 280 g/mol. The fourth-order valence-corrected chi connectivity index (χ4v) is 3.95. The Morgan fingerprint density at radius 3 is 2.68 bits per heavy atom. The molecule has 1 unspecified atom stereocenters. The van der Waals surface area contributed by atoms with Gasteiger partial charge in [0.25, 0.3) is 5.91 Å². The SMILES string of the molecule is CC(C)N1C(=O)C(CC(=O)N2CCOCC2)=C2CCCCC21. The number of carbonyl (C=O) groups is 2. The first-order chi connectivity index (χ1) is 10.6. The van der Waals surface area contributed by atoms with Gasteiger partial charge in [0.05, 0.1) is 25.7 Å². The van der Waals surface area contributed by atoms with Gasteiger partial charge < -0.3 is 14.5 Å². The van der Waals surface area contributed by atoms with Crippen LogP contribution in [0.25, 0.3) is 0 Å². The first kappa shape index (κ1) is 15.5. The Morgan fingerprint density at radius 2 is 2.00 bits per heavy atom. The molecule has 1 saturated heterocycles. The maximum absolute atomic E-state index is 12.8.